The first-order valence-electron chi connectivity index (χ1n) is 2.85. The lowest BCUT2D eigenvalue weighted by Gasteiger charge is -1.93. The molecule has 0 N–H and O–H groups in total. The molecule has 0 aliphatic carbocycles. The Kier molecular flexibility index (Phi) is 2.25. The van der Waals surface area contributed by atoms with Gasteiger partial charge in [0.15, 0.2) is 0 Å². The van der Waals surface area contributed by atoms with Crippen LogP contribution in [0.5, 0.6) is 0 Å². The summed E-state index contributed by atoms with van der Waals surface area (Å²) in [6.45, 7) is 6.74. The molecule has 3 heteroatoms. The van der Waals surface area contributed by atoms with Gasteiger partial charge in [0, 0.05) is 4.47 Å². The van der Waals surface area contributed by atoms with Gasteiger partial charge in [-0.2, -0.15) is 5.26 Å². The molecule has 52 valence electrons. The molecule has 0 atom stereocenters. The van der Waals surface area contributed by atoms with Gasteiger partial charge in [0.25, 0.3) is 0 Å². The molecule has 0 amide bonds. The monoisotopic (exact) mass is 206 g/mol. The summed E-state index contributed by atoms with van der Waals surface area (Å²) in [7, 11) is 0. The van der Waals surface area contributed by atoms with Crippen molar-refractivity contribution in [2.45, 2.75) is 0 Å². The molecule has 1 rings (SSSR count). The molecule has 2 nitrogen and oxygen atoms in total. The first kappa shape index (κ1) is 7.78. The predicted octanol–water partition coefficient (Wildman–Crippen LogP) is 2.87. The molecule has 0 saturated carbocycles. The Morgan fingerprint density at radius 2 is 2.27 bits per heavy atom. The second-order valence-electron chi connectivity index (χ2n) is 1.89. The van der Waals surface area contributed by atoms with E-state index < -0.39 is 0 Å². The molecule has 0 heterocycles. The highest BCUT2D eigenvalue weighted by Gasteiger charge is 1.99. The van der Waals surface area contributed by atoms with Crippen LogP contribution in [0.1, 0.15) is 5.56 Å². The van der Waals surface area contributed by atoms with E-state index in [9.17, 15) is 0 Å². The van der Waals surface area contributed by atoms with E-state index in [4.69, 9.17) is 11.8 Å². The van der Waals surface area contributed by atoms with E-state index in [0.29, 0.717) is 11.3 Å². The first-order valence-corrected chi connectivity index (χ1v) is 3.64. The molecule has 0 spiro atoms. The van der Waals surface area contributed by atoms with Crippen LogP contribution in [0.4, 0.5) is 5.69 Å². The van der Waals surface area contributed by atoms with Gasteiger partial charge in [-0.25, -0.2) is 4.85 Å². The topological polar surface area (TPSA) is 28.1 Å². The number of halogens is 1. The predicted molar refractivity (Wildman–Crippen MR) is 45.1 cm³/mol. The van der Waals surface area contributed by atoms with E-state index >= 15 is 0 Å². The number of rotatable bonds is 0. The van der Waals surface area contributed by atoms with Crippen LogP contribution < -0.4 is 0 Å². The Labute approximate surface area is 73.0 Å². The van der Waals surface area contributed by atoms with Gasteiger partial charge in [0.05, 0.1) is 18.2 Å². The summed E-state index contributed by atoms with van der Waals surface area (Å²) >= 11 is 3.21. The Bertz CT molecular complexity index is 357. The molecule has 1 aromatic rings. The fourth-order valence-corrected chi connectivity index (χ4v) is 1.04. The van der Waals surface area contributed by atoms with Crippen LogP contribution in [0, 0.1) is 17.9 Å². The largest absolute Gasteiger partial charge is 0.237 e. The van der Waals surface area contributed by atoms with Crippen LogP contribution in [0.15, 0.2) is 22.7 Å². The second kappa shape index (κ2) is 3.18. The minimum Gasteiger partial charge on any atom is -0.237 e. The molecule has 0 saturated heterocycles. The maximum absolute atomic E-state index is 8.53. The molecule has 11 heavy (non-hydrogen) atoms. The molecule has 0 aliphatic rings. The highest BCUT2D eigenvalue weighted by Crippen LogP contribution is 2.22. The summed E-state index contributed by atoms with van der Waals surface area (Å²) in [6, 6.07) is 6.94. The Morgan fingerprint density at radius 1 is 1.55 bits per heavy atom. The van der Waals surface area contributed by atoms with Crippen molar-refractivity contribution in [3.05, 3.63) is 39.7 Å². The minimum atomic E-state index is 0.391. The Morgan fingerprint density at radius 3 is 2.82 bits per heavy atom. The van der Waals surface area contributed by atoms with Crippen molar-refractivity contribution in [2.75, 3.05) is 0 Å². The molecule has 0 aromatic heterocycles. The van der Waals surface area contributed by atoms with Crippen molar-refractivity contribution >= 4 is 21.6 Å². The van der Waals surface area contributed by atoms with Gasteiger partial charge in [-0.05, 0) is 12.1 Å². The number of nitrogens with zero attached hydrogens (tertiary/aromatic N) is 2. The Balaban J connectivity index is 3.34. The average molecular weight is 207 g/mol. The molecular formula is C8H3BrN2. The zero-order valence-corrected chi connectivity index (χ0v) is 7.09. The summed E-state index contributed by atoms with van der Waals surface area (Å²) < 4.78 is 0.822. The van der Waals surface area contributed by atoms with Crippen molar-refractivity contribution in [1.82, 2.24) is 0 Å². The highest BCUT2D eigenvalue weighted by molar-refractivity contribution is 9.10. The van der Waals surface area contributed by atoms with Gasteiger partial charge in [-0.1, -0.05) is 22.0 Å². The normalized spacial score (nSPS) is 8.27. The lowest BCUT2D eigenvalue weighted by molar-refractivity contribution is 1.48. The van der Waals surface area contributed by atoms with Crippen LogP contribution in [0.25, 0.3) is 4.85 Å². The third kappa shape index (κ3) is 1.58. The van der Waals surface area contributed by atoms with Gasteiger partial charge in [-0.15, -0.1) is 0 Å². The van der Waals surface area contributed by atoms with Gasteiger partial charge < -0.3 is 0 Å². The lowest BCUT2D eigenvalue weighted by Crippen LogP contribution is -1.73. The van der Waals surface area contributed by atoms with Crippen molar-refractivity contribution in [3.8, 4) is 6.07 Å². The molecule has 0 fully saturated rings. The van der Waals surface area contributed by atoms with Crippen LogP contribution in [0.3, 0.4) is 0 Å². The van der Waals surface area contributed by atoms with Crippen molar-refractivity contribution in [2.24, 2.45) is 0 Å². The maximum atomic E-state index is 8.53. The smallest absolute Gasteiger partial charge is 0.205 e. The van der Waals surface area contributed by atoms with Crippen LogP contribution in [-0.4, -0.2) is 0 Å². The van der Waals surface area contributed by atoms with Crippen LogP contribution in [0.2, 0.25) is 0 Å². The van der Waals surface area contributed by atoms with E-state index in [1.54, 1.807) is 18.2 Å². The highest BCUT2D eigenvalue weighted by atomic mass is 79.9. The molecule has 0 bridgehead atoms. The third-order valence-corrected chi connectivity index (χ3v) is 1.69. The van der Waals surface area contributed by atoms with Gasteiger partial charge in [0.1, 0.15) is 0 Å². The SMILES string of the molecule is [C-]#[N+]c1cc(Br)ccc1C#N. The summed E-state index contributed by atoms with van der Waals surface area (Å²) in [5.74, 6) is 0. The fraction of sp³-hybridized carbons (Fsp3) is 0. The van der Waals surface area contributed by atoms with E-state index in [2.05, 4.69) is 20.8 Å². The van der Waals surface area contributed by atoms with Gasteiger partial charge in [-0.3, -0.25) is 0 Å². The second-order valence-corrected chi connectivity index (χ2v) is 2.80. The standard InChI is InChI=1S/C8H3BrN2/c1-11-8-4-7(9)3-2-6(8)5-10/h2-4H. The zero-order chi connectivity index (χ0) is 8.27. The lowest BCUT2D eigenvalue weighted by atomic mass is 10.2. The third-order valence-electron chi connectivity index (χ3n) is 1.20. The number of hydrogen-bond donors (Lipinski definition) is 0. The van der Waals surface area contributed by atoms with E-state index in [1.165, 1.54) is 0 Å². The van der Waals surface area contributed by atoms with Gasteiger partial charge in [0.2, 0.25) is 5.69 Å². The maximum Gasteiger partial charge on any atom is 0.205 e. The van der Waals surface area contributed by atoms with E-state index in [-0.39, 0.29) is 0 Å². The number of nitriles is 1. The summed E-state index contributed by atoms with van der Waals surface area (Å²) in [4.78, 5) is 3.20. The first-order chi connectivity index (χ1) is 5.27. The molecular weight excluding hydrogens is 204 g/mol. The van der Waals surface area contributed by atoms with E-state index in [1.807, 2.05) is 6.07 Å². The van der Waals surface area contributed by atoms with Crippen molar-refractivity contribution < 1.29 is 0 Å². The number of benzene rings is 1. The van der Waals surface area contributed by atoms with Crippen molar-refractivity contribution in [1.29, 1.82) is 5.26 Å². The summed E-state index contributed by atoms with van der Waals surface area (Å²) in [5, 5.41) is 8.53. The Hall–Kier alpha value is -1.32. The van der Waals surface area contributed by atoms with E-state index in [0.717, 1.165) is 4.47 Å². The minimum absolute atomic E-state index is 0.391. The van der Waals surface area contributed by atoms with Gasteiger partial charge >= 0.3 is 0 Å². The number of hydrogen-bond acceptors (Lipinski definition) is 1. The molecule has 0 unspecified atom stereocenters. The zero-order valence-electron chi connectivity index (χ0n) is 5.50. The molecule has 0 radical (unpaired) electrons. The summed E-state index contributed by atoms with van der Waals surface area (Å²) in [6.07, 6.45) is 0. The van der Waals surface area contributed by atoms with Crippen LogP contribution >= 0.6 is 15.9 Å². The van der Waals surface area contributed by atoms with Crippen molar-refractivity contribution in [3.63, 3.8) is 0 Å². The summed E-state index contributed by atoms with van der Waals surface area (Å²) in [5.41, 5.74) is 0.810. The molecule has 1 aromatic carbocycles. The average Bonchev–Trinajstić information content (AvgIpc) is 2.04. The fourth-order valence-electron chi connectivity index (χ4n) is 0.692. The quantitative estimate of drug-likeness (QED) is 0.601. The molecule has 0 aliphatic heterocycles. The van der Waals surface area contributed by atoms with Crippen LogP contribution in [-0.2, 0) is 0 Å².